The molecule has 6 heterocycles. The Bertz CT molecular complexity index is 1650. The molecule has 0 N–H and O–H groups in total. The maximum absolute atomic E-state index is 13.0. The molecule has 5 aromatic rings. The molecule has 0 spiro atoms. The standard InChI is InChI=1S/C28H30N6O4/c1-15-7-6-10-29-22(15)25(18-8-11-37-12-9-18)34-20-13-19(21-16(2)32-38-17(21)3)14-30-23(20)26-27(34)24(28(35)36-5)31-33(26)4/h6-7,10,13-14,18,25H,8-9,11-12H2,1-5H3. The van der Waals surface area contributed by atoms with E-state index in [0.29, 0.717) is 18.7 Å². The summed E-state index contributed by atoms with van der Waals surface area (Å²) in [5.74, 6) is 0.462. The average molecular weight is 515 g/mol. The van der Waals surface area contributed by atoms with Gasteiger partial charge in [0.05, 0.1) is 30.1 Å². The molecule has 38 heavy (non-hydrogen) atoms. The fourth-order valence-corrected chi connectivity index (χ4v) is 5.90. The Hall–Kier alpha value is -4.05. The molecule has 10 heteroatoms. The molecular weight excluding hydrogens is 484 g/mol. The number of ether oxygens (including phenoxy) is 2. The van der Waals surface area contributed by atoms with Crippen molar-refractivity contribution < 1.29 is 18.8 Å². The quantitative estimate of drug-likeness (QED) is 0.310. The number of carbonyl (C=O) groups is 1. The van der Waals surface area contributed by atoms with Crippen molar-refractivity contribution in [1.29, 1.82) is 0 Å². The predicted molar refractivity (Wildman–Crippen MR) is 141 cm³/mol. The maximum Gasteiger partial charge on any atom is 0.360 e. The number of esters is 1. The summed E-state index contributed by atoms with van der Waals surface area (Å²) in [5, 5.41) is 8.74. The fourth-order valence-electron chi connectivity index (χ4n) is 5.90. The summed E-state index contributed by atoms with van der Waals surface area (Å²) in [6, 6.07) is 5.97. The zero-order chi connectivity index (χ0) is 26.6. The van der Waals surface area contributed by atoms with Gasteiger partial charge >= 0.3 is 5.97 Å². The van der Waals surface area contributed by atoms with E-state index >= 15 is 0 Å². The van der Waals surface area contributed by atoms with Crippen LogP contribution in [0.5, 0.6) is 0 Å². The molecular formula is C28H30N6O4. The van der Waals surface area contributed by atoms with Gasteiger partial charge in [0, 0.05) is 43.8 Å². The molecule has 1 aliphatic rings. The second-order valence-corrected chi connectivity index (χ2v) is 9.92. The zero-order valence-corrected chi connectivity index (χ0v) is 22.2. The van der Waals surface area contributed by atoms with Crippen LogP contribution in [0.3, 0.4) is 0 Å². The molecule has 0 radical (unpaired) electrons. The van der Waals surface area contributed by atoms with Crippen molar-refractivity contribution in [1.82, 2.24) is 29.5 Å². The van der Waals surface area contributed by atoms with Crippen molar-refractivity contribution in [3.63, 3.8) is 0 Å². The molecule has 10 nitrogen and oxygen atoms in total. The van der Waals surface area contributed by atoms with Crippen LogP contribution in [0.2, 0.25) is 0 Å². The minimum Gasteiger partial charge on any atom is -0.464 e. The first-order valence-corrected chi connectivity index (χ1v) is 12.8. The van der Waals surface area contributed by atoms with Crippen LogP contribution in [0, 0.1) is 26.7 Å². The summed E-state index contributed by atoms with van der Waals surface area (Å²) in [6.45, 7) is 7.25. The van der Waals surface area contributed by atoms with E-state index in [1.54, 1.807) is 4.68 Å². The van der Waals surface area contributed by atoms with E-state index in [1.807, 2.05) is 39.4 Å². The summed E-state index contributed by atoms with van der Waals surface area (Å²) in [5.41, 5.74) is 8.02. The summed E-state index contributed by atoms with van der Waals surface area (Å²) < 4.78 is 20.3. The Balaban J connectivity index is 1.74. The number of rotatable bonds is 5. The first-order chi connectivity index (χ1) is 18.4. The van der Waals surface area contributed by atoms with Gasteiger partial charge in [-0.15, -0.1) is 0 Å². The van der Waals surface area contributed by atoms with Crippen LogP contribution < -0.4 is 0 Å². The van der Waals surface area contributed by atoms with Crippen LogP contribution >= 0.6 is 0 Å². The second kappa shape index (κ2) is 9.36. The summed E-state index contributed by atoms with van der Waals surface area (Å²) in [6.07, 6.45) is 5.40. The molecule has 0 bridgehead atoms. The maximum atomic E-state index is 13.0. The number of aryl methyl sites for hydroxylation is 4. The van der Waals surface area contributed by atoms with Crippen molar-refractivity contribution in [2.45, 2.75) is 39.7 Å². The number of hydrogen-bond donors (Lipinski definition) is 0. The van der Waals surface area contributed by atoms with Crippen LogP contribution in [0.25, 0.3) is 33.2 Å². The lowest BCUT2D eigenvalue weighted by molar-refractivity contribution is 0.0543. The van der Waals surface area contributed by atoms with Crippen LogP contribution in [0.15, 0.2) is 35.1 Å². The highest BCUT2D eigenvalue weighted by molar-refractivity contribution is 6.12. The lowest BCUT2D eigenvalue weighted by atomic mass is 9.87. The molecule has 1 atom stereocenters. The Labute approximate surface area is 219 Å². The molecule has 1 aliphatic heterocycles. The highest BCUT2D eigenvalue weighted by atomic mass is 16.5. The number of hydrogen-bond acceptors (Lipinski definition) is 8. The van der Waals surface area contributed by atoms with Crippen LogP contribution in [0.1, 0.15) is 52.1 Å². The lowest BCUT2D eigenvalue weighted by Crippen LogP contribution is -2.28. The fraction of sp³-hybridized carbons (Fsp3) is 0.393. The number of aromatic nitrogens is 6. The van der Waals surface area contributed by atoms with E-state index < -0.39 is 5.97 Å². The van der Waals surface area contributed by atoms with E-state index in [2.05, 4.69) is 33.9 Å². The van der Waals surface area contributed by atoms with Gasteiger partial charge in [-0.2, -0.15) is 5.10 Å². The zero-order valence-electron chi connectivity index (χ0n) is 22.2. The Morgan fingerprint density at radius 3 is 2.63 bits per heavy atom. The Morgan fingerprint density at radius 2 is 1.95 bits per heavy atom. The first kappa shape index (κ1) is 24.3. The smallest absolute Gasteiger partial charge is 0.360 e. The lowest BCUT2D eigenvalue weighted by Gasteiger charge is -2.33. The predicted octanol–water partition coefficient (Wildman–Crippen LogP) is 4.70. The number of nitrogens with zero attached hydrogens (tertiary/aromatic N) is 6. The molecule has 0 amide bonds. The highest BCUT2D eigenvalue weighted by Crippen LogP contribution is 2.42. The van der Waals surface area contributed by atoms with Gasteiger partial charge in [-0.3, -0.25) is 14.6 Å². The second-order valence-electron chi connectivity index (χ2n) is 9.92. The van der Waals surface area contributed by atoms with Crippen molar-refractivity contribution in [3.05, 3.63) is 59.0 Å². The molecule has 196 valence electrons. The number of fused-ring (bicyclic) bond motifs is 3. The van der Waals surface area contributed by atoms with Crippen LogP contribution in [-0.4, -0.2) is 55.8 Å². The minimum absolute atomic E-state index is 0.172. The molecule has 1 saturated heterocycles. The molecule has 0 saturated carbocycles. The van der Waals surface area contributed by atoms with E-state index in [4.69, 9.17) is 24.0 Å². The topological polar surface area (TPSA) is 110 Å². The first-order valence-electron chi connectivity index (χ1n) is 12.8. The minimum atomic E-state index is -0.492. The van der Waals surface area contributed by atoms with Crippen LogP contribution in [0.4, 0.5) is 0 Å². The van der Waals surface area contributed by atoms with Crippen molar-refractivity contribution >= 4 is 28.0 Å². The molecule has 1 unspecified atom stereocenters. The van der Waals surface area contributed by atoms with Gasteiger partial charge in [-0.05, 0) is 57.2 Å². The molecule has 6 rings (SSSR count). The third-order valence-electron chi connectivity index (χ3n) is 7.64. The average Bonchev–Trinajstić information content (AvgIpc) is 3.56. The van der Waals surface area contributed by atoms with Crippen molar-refractivity contribution in [2.75, 3.05) is 20.3 Å². The molecule has 0 aromatic carbocycles. The van der Waals surface area contributed by atoms with Gasteiger partial charge in [0.1, 0.15) is 22.3 Å². The largest absolute Gasteiger partial charge is 0.464 e. The van der Waals surface area contributed by atoms with Gasteiger partial charge < -0.3 is 18.6 Å². The normalized spacial score (nSPS) is 15.4. The summed E-state index contributed by atoms with van der Waals surface area (Å²) >= 11 is 0. The van der Waals surface area contributed by atoms with E-state index in [0.717, 1.165) is 63.2 Å². The van der Waals surface area contributed by atoms with E-state index in [1.165, 1.54) is 7.11 Å². The Kier molecular flexibility index (Phi) is 5.98. The van der Waals surface area contributed by atoms with Gasteiger partial charge in [0.15, 0.2) is 5.69 Å². The summed E-state index contributed by atoms with van der Waals surface area (Å²) in [7, 11) is 3.21. The van der Waals surface area contributed by atoms with Gasteiger partial charge in [0.2, 0.25) is 0 Å². The van der Waals surface area contributed by atoms with Gasteiger partial charge in [0.25, 0.3) is 0 Å². The third-order valence-corrected chi connectivity index (χ3v) is 7.64. The van der Waals surface area contributed by atoms with Crippen molar-refractivity contribution in [3.8, 4) is 11.1 Å². The number of carbonyl (C=O) groups excluding carboxylic acids is 1. The summed E-state index contributed by atoms with van der Waals surface area (Å²) in [4.78, 5) is 22.8. The third kappa shape index (κ3) is 3.70. The van der Waals surface area contributed by atoms with E-state index in [9.17, 15) is 4.79 Å². The number of pyridine rings is 2. The molecule has 1 fully saturated rings. The monoisotopic (exact) mass is 514 g/mol. The Morgan fingerprint density at radius 1 is 1.16 bits per heavy atom. The van der Waals surface area contributed by atoms with Gasteiger partial charge in [-0.25, -0.2) is 4.79 Å². The number of methoxy groups -OCH3 is 1. The SMILES string of the molecule is COC(=O)c1nn(C)c2c3ncc(-c4c(C)noc4C)cc3n(C(c3ncccc3C)C3CCOCC3)c12. The highest BCUT2D eigenvalue weighted by Gasteiger charge is 2.35. The molecule has 0 aliphatic carbocycles. The van der Waals surface area contributed by atoms with Crippen LogP contribution in [-0.2, 0) is 16.5 Å². The van der Waals surface area contributed by atoms with E-state index in [-0.39, 0.29) is 17.7 Å². The van der Waals surface area contributed by atoms with Crippen molar-refractivity contribution in [2.24, 2.45) is 13.0 Å². The molecule has 5 aromatic heterocycles. The van der Waals surface area contributed by atoms with Gasteiger partial charge in [-0.1, -0.05) is 11.2 Å².